The van der Waals surface area contributed by atoms with E-state index in [4.69, 9.17) is 9.26 Å². The van der Waals surface area contributed by atoms with Crippen molar-refractivity contribution in [2.24, 2.45) is 0 Å². The Morgan fingerprint density at radius 3 is 2.72 bits per heavy atom. The SMILES string of the molecule is CCOC(=O)Cc1nc(-c2ccc(C)cc2)no1. The molecule has 0 aliphatic rings. The van der Waals surface area contributed by atoms with Crippen LogP contribution in [-0.4, -0.2) is 22.7 Å². The van der Waals surface area contributed by atoms with E-state index in [9.17, 15) is 4.79 Å². The maximum atomic E-state index is 11.3. The lowest BCUT2D eigenvalue weighted by Crippen LogP contribution is -2.07. The fraction of sp³-hybridized carbons (Fsp3) is 0.308. The zero-order valence-corrected chi connectivity index (χ0v) is 10.3. The molecule has 2 rings (SSSR count). The monoisotopic (exact) mass is 246 g/mol. The first-order valence-electron chi connectivity index (χ1n) is 5.74. The van der Waals surface area contributed by atoms with Crippen molar-refractivity contribution in [1.29, 1.82) is 0 Å². The molecule has 0 spiro atoms. The van der Waals surface area contributed by atoms with Crippen molar-refractivity contribution in [3.8, 4) is 11.4 Å². The van der Waals surface area contributed by atoms with Crippen LogP contribution in [0, 0.1) is 6.92 Å². The fourth-order valence-corrected chi connectivity index (χ4v) is 1.48. The molecule has 0 aliphatic heterocycles. The third-order valence-electron chi connectivity index (χ3n) is 2.38. The molecule has 0 N–H and O–H groups in total. The minimum Gasteiger partial charge on any atom is -0.466 e. The average molecular weight is 246 g/mol. The molecule has 5 nitrogen and oxygen atoms in total. The molecule has 1 aromatic carbocycles. The van der Waals surface area contributed by atoms with Gasteiger partial charge in [-0.1, -0.05) is 35.0 Å². The molecular weight excluding hydrogens is 232 g/mol. The van der Waals surface area contributed by atoms with Crippen molar-refractivity contribution < 1.29 is 14.1 Å². The molecule has 94 valence electrons. The normalized spacial score (nSPS) is 10.3. The van der Waals surface area contributed by atoms with Gasteiger partial charge >= 0.3 is 5.97 Å². The lowest BCUT2D eigenvalue weighted by Gasteiger charge is -1.96. The zero-order chi connectivity index (χ0) is 13.0. The van der Waals surface area contributed by atoms with Crippen LogP contribution in [0.2, 0.25) is 0 Å². The number of ether oxygens (including phenoxy) is 1. The average Bonchev–Trinajstić information content (AvgIpc) is 2.78. The van der Waals surface area contributed by atoms with Crippen LogP contribution in [0.15, 0.2) is 28.8 Å². The molecule has 0 amide bonds. The lowest BCUT2D eigenvalue weighted by atomic mass is 10.1. The van der Waals surface area contributed by atoms with Gasteiger partial charge in [0, 0.05) is 5.56 Å². The van der Waals surface area contributed by atoms with Gasteiger partial charge in [0.15, 0.2) is 0 Å². The van der Waals surface area contributed by atoms with Gasteiger partial charge in [-0.2, -0.15) is 4.98 Å². The van der Waals surface area contributed by atoms with Crippen LogP contribution in [-0.2, 0) is 16.0 Å². The molecule has 0 fully saturated rings. The highest BCUT2D eigenvalue weighted by Crippen LogP contribution is 2.16. The topological polar surface area (TPSA) is 65.2 Å². The molecule has 0 atom stereocenters. The predicted molar refractivity (Wildman–Crippen MR) is 64.8 cm³/mol. The van der Waals surface area contributed by atoms with Crippen LogP contribution in [0.1, 0.15) is 18.4 Å². The summed E-state index contributed by atoms with van der Waals surface area (Å²) in [7, 11) is 0. The Bertz CT molecular complexity index is 531. The van der Waals surface area contributed by atoms with Crippen LogP contribution in [0.5, 0.6) is 0 Å². The second-order valence-electron chi connectivity index (χ2n) is 3.86. The highest BCUT2D eigenvalue weighted by Gasteiger charge is 2.12. The van der Waals surface area contributed by atoms with Crippen LogP contribution >= 0.6 is 0 Å². The van der Waals surface area contributed by atoms with Gasteiger partial charge in [-0.25, -0.2) is 0 Å². The number of aromatic nitrogens is 2. The molecule has 5 heteroatoms. The van der Waals surface area contributed by atoms with Gasteiger partial charge in [0.05, 0.1) is 6.61 Å². The largest absolute Gasteiger partial charge is 0.466 e. The van der Waals surface area contributed by atoms with E-state index in [0.717, 1.165) is 11.1 Å². The minimum absolute atomic E-state index is 0.00665. The summed E-state index contributed by atoms with van der Waals surface area (Å²) in [5.74, 6) is 0.384. The maximum absolute atomic E-state index is 11.3. The van der Waals surface area contributed by atoms with E-state index in [2.05, 4.69) is 10.1 Å². The Morgan fingerprint density at radius 2 is 2.06 bits per heavy atom. The summed E-state index contributed by atoms with van der Waals surface area (Å²) >= 11 is 0. The zero-order valence-electron chi connectivity index (χ0n) is 10.3. The van der Waals surface area contributed by atoms with E-state index >= 15 is 0 Å². The van der Waals surface area contributed by atoms with Gasteiger partial charge < -0.3 is 9.26 Å². The Balaban J connectivity index is 2.10. The number of hydrogen-bond acceptors (Lipinski definition) is 5. The second-order valence-corrected chi connectivity index (χ2v) is 3.86. The molecule has 1 heterocycles. The van der Waals surface area contributed by atoms with Crippen molar-refractivity contribution in [3.05, 3.63) is 35.7 Å². The van der Waals surface area contributed by atoms with Gasteiger partial charge in [-0.05, 0) is 13.8 Å². The predicted octanol–water partition coefficient (Wildman–Crippen LogP) is 2.15. The third-order valence-corrected chi connectivity index (χ3v) is 2.38. The molecule has 0 unspecified atom stereocenters. The van der Waals surface area contributed by atoms with Crippen molar-refractivity contribution in [2.45, 2.75) is 20.3 Å². The minimum atomic E-state index is -0.364. The third kappa shape index (κ3) is 2.94. The Kier molecular flexibility index (Phi) is 3.72. The summed E-state index contributed by atoms with van der Waals surface area (Å²) in [6.45, 7) is 4.10. The standard InChI is InChI=1S/C13H14N2O3/c1-3-17-12(16)8-11-14-13(15-18-11)10-6-4-9(2)5-7-10/h4-7H,3,8H2,1-2H3. The number of esters is 1. The molecule has 0 bridgehead atoms. The van der Waals surface area contributed by atoms with Gasteiger partial charge in [-0.3, -0.25) is 4.79 Å². The molecule has 1 aromatic heterocycles. The summed E-state index contributed by atoms with van der Waals surface area (Å²) < 4.78 is 9.81. The number of nitrogens with zero attached hydrogens (tertiary/aromatic N) is 2. The van der Waals surface area contributed by atoms with Crippen LogP contribution in [0.25, 0.3) is 11.4 Å². The van der Waals surface area contributed by atoms with E-state index in [-0.39, 0.29) is 18.3 Å². The summed E-state index contributed by atoms with van der Waals surface area (Å²) in [5, 5.41) is 3.84. The van der Waals surface area contributed by atoms with Crippen molar-refractivity contribution in [1.82, 2.24) is 10.1 Å². The first kappa shape index (κ1) is 12.3. The van der Waals surface area contributed by atoms with Gasteiger partial charge in [0.1, 0.15) is 6.42 Å². The molecule has 0 saturated carbocycles. The highest BCUT2D eigenvalue weighted by molar-refractivity contribution is 5.71. The molecule has 0 radical (unpaired) electrons. The molecule has 0 saturated heterocycles. The number of hydrogen-bond donors (Lipinski definition) is 0. The van der Waals surface area contributed by atoms with Crippen LogP contribution in [0.4, 0.5) is 0 Å². The van der Waals surface area contributed by atoms with Crippen LogP contribution < -0.4 is 0 Å². The Hall–Kier alpha value is -2.17. The lowest BCUT2D eigenvalue weighted by molar-refractivity contribution is -0.142. The Labute approximate surface area is 105 Å². The van der Waals surface area contributed by atoms with E-state index in [1.54, 1.807) is 6.92 Å². The molecule has 18 heavy (non-hydrogen) atoms. The van der Waals surface area contributed by atoms with E-state index in [1.165, 1.54) is 0 Å². The van der Waals surface area contributed by atoms with Crippen molar-refractivity contribution >= 4 is 5.97 Å². The van der Waals surface area contributed by atoms with E-state index < -0.39 is 0 Å². The number of benzene rings is 1. The van der Waals surface area contributed by atoms with Gasteiger partial charge in [-0.15, -0.1) is 0 Å². The molecule has 0 aliphatic carbocycles. The number of rotatable bonds is 4. The first-order valence-corrected chi connectivity index (χ1v) is 5.74. The summed E-state index contributed by atoms with van der Waals surface area (Å²) in [5.41, 5.74) is 2.02. The second kappa shape index (κ2) is 5.44. The highest BCUT2D eigenvalue weighted by atomic mass is 16.5. The first-order chi connectivity index (χ1) is 8.69. The van der Waals surface area contributed by atoms with Crippen LogP contribution in [0.3, 0.4) is 0 Å². The summed E-state index contributed by atoms with van der Waals surface area (Å²) in [4.78, 5) is 15.4. The summed E-state index contributed by atoms with van der Waals surface area (Å²) in [6.07, 6.45) is 0.00665. The smallest absolute Gasteiger partial charge is 0.315 e. The number of carbonyl (C=O) groups is 1. The van der Waals surface area contributed by atoms with Crippen molar-refractivity contribution in [2.75, 3.05) is 6.61 Å². The maximum Gasteiger partial charge on any atom is 0.315 e. The van der Waals surface area contributed by atoms with Gasteiger partial charge in [0.25, 0.3) is 0 Å². The molecular formula is C13H14N2O3. The number of aryl methyl sites for hydroxylation is 1. The molecule has 2 aromatic rings. The van der Waals surface area contributed by atoms with E-state index in [0.29, 0.717) is 12.4 Å². The van der Waals surface area contributed by atoms with Crippen molar-refractivity contribution in [3.63, 3.8) is 0 Å². The summed E-state index contributed by atoms with van der Waals surface area (Å²) in [6, 6.07) is 7.76. The Morgan fingerprint density at radius 1 is 1.33 bits per heavy atom. The fourth-order valence-electron chi connectivity index (χ4n) is 1.48. The number of carbonyl (C=O) groups excluding carboxylic acids is 1. The van der Waals surface area contributed by atoms with E-state index in [1.807, 2.05) is 31.2 Å². The van der Waals surface area contributed by atoms with Gasteiger partial charge in [0.2, 0.25) is 11.7 Å². The quantitative estimate of drug-likeness (QED) is 0.773.